The van der Waals surface area contributed by atoms with Crippen molar-refractivity contribution < 1.29 is 0 Å². The Labute approximate surface area is 173 Å². The molecular formula is C23H30N6. The van der Waals surface area contributed by atoms with Gasteiger partial charge in [-0.25, -0.2) is 0 Å². The standard InChI is InChI=1S/C23H30N6/c1-24-23(25-15-19-9-11-20(12-10-19)17-28(2)3)26-16-21-7-4-5-8-22(21)18-29-14-6-13-27-29/h4-14H,15-18H2,1-3H3,(H2,24,25,26). The van der Waals surface area contributed by atoms with Crippen molar-refractivity contribution in [3.63, 3.8) is 0 Å². The van der Waals surface area contributed by atoms with Crippen molar-refractivity contribution in [1.82, 2.24) is 25.3 Å². The number of guanidine groups is 1. The van der Waals surface area contributed by atoms with Gasteiger partial charge in [-0.2, -0.15) is 5.10 Å². The van der Waals surface area contributed by atoms with Crippen molar-refractivity contribution in [2.75, 3.05) is 21.1 Å². The van der Waals surface area contributed by atoms with Gasteiger partial charge in [0.2, 0.25) is 0 Å². The van der Waals surface area contributed by atoms with E-state index in [1.165, 1.54) is 22.3 Å². The maximum atomic E-state index is 4.35. The molecule has 0 saturated carbocycles. The summed E-state index contributed by atoms with van der Waals surface area (Å²) in [5, 5.41) is 11.1. The van der Waals surface area contributed by atoms with Gasteiger partial charge in [-0.3, -0.25) is 9.67 Å². The molecule has 0 fully saturated rings. The van der Waals surface area contributed by atoms with Crippen LogP contribution in [0.1, 0.15) is 22.3 Å². The van der Waals surface area contributed by atoms with Crippen LogP contribution < -0.4 is 10.6 Å². The van der Waals surface area contributed by atoms with E-state index in [1.807, 2.05) is 16.9 Å². The van der Waals surface area contributed by atoms with Crippen LogP contribution in [-0.4, -0.2) is 41.8 Å². The molecule has 0 aliphatic rings. The van der Waals surface area contributed by atoms with Gasteiger partial charge in [0.25, 0.3) is 0 Å². The minimum Gasteiger partial charge on any atom is -0.352 e. The molecule has 6 heteroatoms. The molecule has 6 nitrogen and oxygen atoms in total. The highest BCUT2D eigenvalue weighted by Gasteiger charge is 2.05. The zero-order valence-corrected chi connectivity index (χ0v) is 17.5. The number of nitrogens with one attached hydrogen (secondary N) is 2. The highest BCUT2D eigenvalue weighted by Crippen LogP contribution is 2.10. The molecule has 3 aromatic rings. The molecule has 0 saturated heterocycles. The van der Waals surface area contributed by atoms with Gasteiger partial charge >= 0.3 is 0 Å². The Morgan fingerprint density at radius 2 is 1.62 bits per heavy atom. The Balaban J connectivity index is 1.53. The molecule has 0 aliphatic heterocycles. The summed E-state index contributed by atoms with van der Waals surface area (Å²) in [7, 11) is 5.96. The summed E-state index contributed by atoms with van der Waals surface area (Å²) in [4.78, 5) is 6.52. The van der Waals surface area contributed by atoms with Crippen LogP contribution >= 0.6 is 0 Å². The lowest BCUT2D eigenvalue weighted by Gasteiger charge is -2.15. The van der Waals surface area contributed by atoms with Gasteiger partial charge in [-0.05, 0) is 42.4 Å². The van der Waals surface area contributed by atoms with Crippen LogP contribution in [-0.2, 0) is 26.2 Å². The van der Waals surface area contributed by atoms with E-state index in [-0.39, 0.29) is 0 Å². The van der Waals surface area contributed by atoms with Crippen LogP contribution in [0.2, 0.25) is 0 Å². The van der Waals surface area contributed by atoms with E-state index in [2.05, 4.69) is 88.3 Å². The lowest BCUT2D eigenvalue weighted by molar-refractivity contribution is 0.402. The van der Waals surface area contributed by atoms with Gasteiger partial charge in [0, 0.05) is 39.1 Å². The fourth-order valence-electron chi connectivity index (χ4n) is 3.17. The molecule has 0 unspecified atom stereocenters. The second kappa shape index (κ2) is 10.4. The van der Waals surface area contributed by atoms with Gasteiger partial charge in [-0.1, -0.05) is 48.5 Å². The molecule has 3 rings (SSSR count). The largest absolute Gasteiger partial charge is 0.352 e. The van der Waals surface area contributed by atoms with E-state index in [9.17, 15) is 0 Å². The van der Waals surface area contributed by atoms with Crippen molar-refractivity contribution in [1.29, 1.82) is 0 Å². The van der Waals surface area contributed by atoms with Crippen molar-refractivity contribution >= 4 is 5.96 Å². The van der Waals surface area contributed by atoms with E-state index in [0.29, 0.717) is 6.54 Å². The second-order valence-corrected chi connectivity index (χ2v) is 7.31. The number of hydrogen-bond acceptors (Lipinski definition) is 3. The molecule has 1 heterocycles. The van der Waals surface area contributed by atoms with Gasteiger partial charge in [-0.15, -0.1) is 0 Å². The third-order valence-corrected chi connectivity index (χ3v) is 4.66. The molecule has 1 aromatic heterocycles. The van der Waals surface area contributed by atoms with Crippen LogP contribution in [0.3, 0.4) is 0 Å². The zero-order valence-electron chi connectivity index (χ0n) is 17.5. The SMILES string of the molecule is CN=C(NCc1ccc(CN(C)C)cc1)NCc1ccccc1Cn1cccn1. The predicted octanol–water partition coefficient (Wildman–Crippen LogP) is 2.86. The Bertz CT molecular complexity index is 897. The molecule has 0 aliphatic carbocycles. The van der Waals surface area contributed by atoms with Crippen LogP contribution in [0, 0.1) is 0 Å². The van der Waals surface area contributed by atoms with Crippen LogP contribution in [0.25, 0.3) is 0 Å². The van der Waals surface area contributed by atoms with Gasteiger partial charge in [0.15, 0.2) is 5.96 Å². The minimum absolute atomic E-state index is 0.707. The smallest absolute Gasteiger partial charge is 0.191 e. The fraction of sp³-hybridized carbons (Fsp3) is 0.304. The normalized spacial score (nSPS) is 11.7. The van der Waals surface area contributed by atoms with Crippen LogP contribution in [0.4, 0.5) is 0 Å². The Hall–Kier alpha value is -3.12. The van der Waals surface area contributed by atoms with Crippen molar-refractivity contribution in [3.8, 4) is 0 Å². The first-order valence-corrected chi connectivity index (χ1v) is 9.85. The lowest BCUT2D eigenvalue weighted by Crippen LogP contribution is -2.36. The predicted molar refractivity (Wildman–Crippen MR) is 119 cm³/mol. The average molecular weight is 391 g/mol. The summed E-state index contributed by atoms with van der Waals surface area (Å²) >= 11 is 0. The Kier molecular flexibility index (Phi) is 7.41. The van der Waals surface area contributed by atoms with Crippen molar-refractivity contribution in [3.05, 3.63) is 89.2 Å². The average Bonchev–Trinajstić information content (AvgIpc) is 3.23. The van der Waals surface area contributed by atoms with Crippen LogP contribution in [0.15, 0.2) is 72.0 Å². The summed E-state index contributed by atoms with van der Waals surface area (Å²) in [6.45, 7) is 3.15. The number of aliphatic imine (C=N–C) groups is 1. The Morgan fingerprint density at radius 3 is 2.28 bits per heavy atom. The first kappa shape index (κ1) is 20.6. The molecule has 0 radical (unpaired) electrons. The maximum absolute atomic E-state index is 4.35. The molecule has 2 aromatic carbocycles. The topological polar surface area (TPSA) is 57.5 Å². The third-order valence-electron chi connectivity index (χ3n) is 4.66. The van der Waals surface area contributed by atoms with Crippen molar-refractivity contribution in [2.24, 2.45) is 4.99 Å². The number of hydrogen-bond donors (Lipinski definition) is 2. The molecule has 152 valence electrons. The summed E-state index contributed by atoms with van der Waals surface area (Å²) < 4.78 is 1.94. The molecule has 2 N–H and O–H groups in total. The van der Waals surface area contributed by atoms with Gasteiger partial charge in [0.1, 0.15) is 0 Å². The van der Waals surface area contributed by atoms with E-state index in [1.54, 1.807) is 13.2 Å². The minimum atomic E-state index is 0.707. The summed E-state index contributed by atoms with van der Waals surface area (Å²) in [5.41, 5.74) is 5.03. The number of rotatable bonds is 8. The van der Waals surface area contributed by atoms with E-state index in [0.717, 1.165) is 25.6 Å². The third kappa shape index (κ3) is 6.47. The summed E-state index contributed by atoms with van der Waals surface area (Å²) in [6, 6.07) is 19.0. The highest BCUT2D eigenvalue weighted by atomic mass is 15.3. The first-order chi connectivity index (χ1) is 14.1. The molecule has 0 atom stereocenters. The first-order valence-electron chi connectivity index (χ1n) is 9.85. The van der Waals surface area contributed by atoms with E-state index in [4.69, 9.17) is 0 Å². The zero-order chi connectivity index (χ0) is 20.5. The molecule has 29 heavy (non-hydrogen) atoms. The van der Waals surface area contributed by atoms with Crippen molar-refractivity contribution in [2.45, 2.75) is 26.2 Å². The van der Waals surface area contributed by atoms with Gasteiger partial charge < -0.3 is 15.5 Å². The second-order valence-electron chi connectivity index (χ2n) is 7.31. The van der Waals surface area contributed by atoms with E-state index < -0.39 is 0 Å². The Morgan fingerprint density at radius 1 is 0.931 bits per heavy atom. The molecule has 0 spiro atoms. The quantitative estimate of drug-likeness (QED) is 0.459. The summed E-state index contributed by atoms with van der Waals surface area (Å²) in [6.07, 6.45) is 3.79. The number of aromatic nitrogens is 2. The monoisotopic (exact) mass is 390 g/mol. The number of benzene rings is 2. The molecule has 0 bridgehead atoms. The molecular weight excluding hydrogens is 360 g/mol. The molecule has 0 amide bonds. The lowest BCUT2D eigenvalue weighted by atomic mass is 10.1. The highest BCUT2D eigenvalue weighted by molar-refractivity contribution is 5.79. The van der Waals surface area contributed by atoms with E-state index >= 15 is 0 Å². The fourth-order valence-corrected chi connectivity index (χ4v) is 3.17. The maximum Gasteiger partial charge on any atom is 0.191 e. The van der Waals surface area contributed by atoms with Crippen LogP contribution in [0.5, 0.6) is 0 Å². The number of nitrogens with zero attached hydrogens (tertiary/aromatic N) is 4. The summed E-state index contributed by atoms with van der Waals surface area (Å²) in [5.74, 6) is 0.788. The van der Waals surface area contributed by atoms with Gasteiger partial charge in [0.05, 0.1) is 6.54 Å².